The summed E-state index contributed by atoms with van der Waals surface area (Å²) in [5.41, 5.74) is -0.139. The van der Waals surface area contributed by atoms with E-state index in [0.29, 0.717) is 17.2 Å². The van der Waals surface area contributed by atoms with Gasteiger partial charge in [0.1, 0.15) is 5.75 Å². The van der Waals surface area contributed by atoms with Crippen LogP contribution in [0.1, 0.15) is 10.5 Å². The van der Waals surface area contributed by atoms with Gasteiger partial charge < -0.3 is 19.3 Å². The number of ether oxygens (including phenoxy) is 3. The van der Waals surface area contributed by atoms with E-state index in [2.05, 4.69) is 4.98 Å². The SMILES string of the molecule is O=C(O)c1ncccc1Oc1ccc2c(c1)OCO2. The molecule has 0 spiro atoms. The van der Waals surface area contributed by atoms with Gasteiger partial charge in [0, 0.05) is 12.3 Å². The van der Waals surface area contributed by atoms with Gasteiger partial charge in [-0.3, -0.25) is 0 Å². The quantitative estimate of drug-likeness (QED) is 0.911. The van der Waals surface area contributed by atoms with Gasteiger partial charge in [0.25, 0.3) is 0 Å². The van der Waals surface area contributed by atoms with E-state index >= 15 is 0 Å². The molecule has 1 N–H and O–H groups in total. The van der Waals surface area contributed by atoms with Crippen LogP contribution in [-0.4, -0.2) is 22.9 Å². The summed E-state index contributed by atoms with van der Waals surface area (Å²) in [6.45, 7) is 0.173. The molecule has 0 amide bonds. The van der Waals surface area contributed by atoms with Crippen molar-refractivity contribution in [1.29, 1.82) is 0 Å². The molecule has 6 heteroatoms. The molecule has 0 saturated heterocycles. The third-order valence-electron chi connectivity index (χ3n) is 2.55. The number of pyridine rings is 1. The van der Waals surface area contributed by atoms with Crippen molar-refractivity contribution >= 4 is 5.97 Å². The molecule has 0 fully saturated rings. The fourth-order valence-corrected chi connectivity index (χ4v) is 1.70. The summed E-state index contributed by atoms with van der Waals surface area (Å²) in [6, 6.07) is 8.16. The Morgan fingerprint density at radius 2 is 2.11 bits per heavy atom. The van der Waals surface area contributed by atoms with Gasteiger partial charge in [0.15, 0.2) is 22.9 Å². The Labute approximate surface area is 108 Å². The Hall–Kier alpha value is -2.76. The van der Waals surface area contributed by atoms with Gasteiger partial charge in [-0.05, 0) is 24.3 Å². The number of hydrogen-bond donors (Lipinski definition) is 1. The van der Waals surface area contributed by atoms with Gasteiger partial charge in [-0.1, -0.05) is 0 Å². The average Bonchev–Trinajstić information content (AvgIpc) is 2.86. The molecule has 2 aromatic rings. The first-order valence-electron chi connectivity index (χ1n) is 5.50. The van der Waals surface area contributed by atoms with Crippen LogP contribution in [0.5, 0.6) is 23.0 Å². The Morgan fingerprint density at radius 1 is 1.26 bits per heavy atom. The molecule has 0 aliphatic carbocycles. The number of carbonyl (C=O) groups is 1. The fourth-order valence-electron chi connectivity index (χ4n) is 1.70. The Bertz CT molecular complexity index is 641. The predicted octanol–water partition coefficient (Wildman–Crippen LogP) is 2.30. The van der Waals surface area contributed by atoms with Crippen LogP contribution in [-0.2, 0) is 0 Å². The van der Waals surface area contributed by atoms with Crippen LogP contribution in [0.4, 0.5) is 0 Å². The first kappa shape index (κ1) is 11.3. The van der Waals surface area contributed by atoms with E-state index in [4.69, 9.17) is 19.3 Å². The molecule has 0 bridgehead atoms. The molecule has 3 rings (SSSR count). The summed E-state index contributed by atoms with van der Waals surface area (Å²) in [5.74, 6) is 0.695. The third kappa shape index (κ3) is 2.15. The lowest BCUT2D eigenvalue weighted by molar-refractivity contribution is 0.0687. The topological polar surface area (TPSA) is 77.9 Å². The van der Waals surface area contributed by atoms with Crippen molar-refractivity contribution in [1.82, 2.24) is 4.98 Å². The number of rotatable bonds is 3. The number of nitrogens with zero attached hydrogens (tertiary/aromatic N) is 1. The predicted molar refractivity (Wildman–Crippen MR) is 63.8 cm³/mol. The van der Waals surface area contributed by atoms with Crippen LogP contribution < -0.4 is 14.2 Å². The van der Waals surface area contributed by atoms with Gasteiger partial charge in [-0.25, -0.2) is 9.78 Å². The Kier molecular flexibility index (Phi) is 2.68. The van der Waals surface area contributed by atoms with E-state index in [0.717, 1.165) is 0 Å². The van der Waals surface area contributed by atoms with E-state index in [1.165, 1.54) is 6.20 Å². The minimum atomic E-state index is -1.14. The summed E-state index contributed by atoms with van der Waals surface area (Å²) >= 11 is 0. The third-order valence-corrected chi connectivity index (χ3v) is 2.55. The zero-order valence-corrected chi connectivity index (χ0v) is 9.70. The minimum absolute atomic E-state index is 0.139. The van der Waals surface area contributed by atoms with Crippen molar-refractivity contribution in [3.8, 4) is 23.0 Å². The molecule has 0 atom stereocenters. The lowest BCUT2D eigenvalue weighted by Gasteiger charge is -2.08. The maximum Gasteiger partial charge on any atom is 0.358 e. The standard InChI is InChI=1S/C13H9NO5/c15-13(16)12-10(2-1-5-14-12)19-8-3-4-9-11(6-8)18-7-17-9/h1-6H,7H2,(H,15,16). The smallest absolute Gasteiger partial charge is 0.358 e. The molecule has 19 heavy (non-hydrogen) atoms. The number of carboxylic acids is 1. The molecule has 96 valence electrons. The number of carboxylic acid groups (broad SMARTS) is 1. The highest BCUT2D eigenvalue weighted by atomic mass is 16.7. The summed E-state index contributed by atoms with van der Waals surface area (Å²) in [6.07, 6.45) is 1.40. The van der Waals surface area contributed by atoms with Crippen LogP contribution in [0.15, 0.2) is 36.5 Å². The van der Waals surface area contributed by atoms with Gasteiger partial charge in [-0.2, -0.15) is 0 Å². The molecule has 0 unspecified atom stereocenters. The van der Waals surface area contributed by atoms with Crippen LogP contribution >= 0.6 is 0 Å². The zero-order valence-electron chi connectivity index (χ0n) is 9.70. The van der Waals surface area contributed by atoms with Crippen molar-refractivity contribution in [2.75, 3.05) is 6.79 Å². The van der Waals surface area contributed by atoms with Crippen molar-refractivity contribution in [2.24, 2.45) is 0 Å². The highest BCUT2D eigenvalue weighted by molar-refractivity contribution is 5.88. The average molecular weight is 259 g/mol. The number of aromatic carboxylic acids is 1. The molecule has 1 aliphatic rings. The Morgan fingerprint density at radius 3 is 2.95 bits per heavy atom. The van der Waals surface area contributed by atoms with E-state index in [1.807, 2.05) is 0 Å². The van der Waals surface area contributed by atoms with Gasteiger partial charge in [0.05, 0.1) is 0 Å². The summed E-state index contributed by atoms with van der Waals surface area (Å²) < 4.78 is 15.9. The van der Waals surface area contributed by atoms with Crippen molar-refractivity contribution in [2.45, 2.75) is 0 Å². The number of fused-ring (bicyclic) bond motifs is 1. The van der Waals surface area contributed by atoms with Crippen LogP contribution in [0.25, 0.3) is 0 Å². The van der Waals surface area contributed by atoms with Crippen molar-refractivity contribution in [3.63, 3.8) is 0 Å². The molecular weight excluding hydrogens is 250 g/mol. The van der Waals surface area contributed by atoms with Gasteiger partial charge >= 0.3 is 5.97 Å². The second-order valence-corrected chi connectivity index (χ2v) is 3.77. The van der Waals surface area contributed by atoms with E-state index in [9.17, 15) is 4.79 Å². The van der Waals surface area contributed by atoms with Crippen LogP contribution in [0, 0.1) is 0 Å². The van der Waals surface area contributed by atoms with Crippen LogP contribution in [0.3, 0.4) is 0 Å². The molecule has 6 nitrogen and oxygen atoms in total. The van der Waals surface area contributed by atoms with Gasteiger partial charge in [0.2, 0.25) is 6.79 Å². The monoisotopic (exact) mass is 259 g/mol. The first-order valence-corrected chi connectivity index (χ1v) is 5.50. The second kappa shape index (κ2) is 4.49. The second-order valence-electron chi connectivity index (χ2n) is 3.77. The fraction of sp³-hybridized carbons (Fsp3) is 0.0769. The lowest BCUT2D eigenvalue weighted by Crippen LogP contribution is -2.02. The number of benzene rings is 1. The summed E-state index contributed by atoms with van der Waals surface area (Å²) in [4.78, 5) is 14.8. The molecule has 1 aromatic heterocycles. The summed E-state index contributed by atoms with van der Waals surface area (Å²) in [7, 11) is 0. The van der Waals surface area contributed by atoms with E-state index in [-0.39, 0.29) is 18.2 Å². The molecule has 1 aromatic carbocycles. The van der Waals surface area contributed by atoms with E-state index < -0.39 is 5.97 Å². The first-order chi connectivity index (χ1) is 9.24. The molecule has 1 aliphatic heterocycles. The minimum Gasteiger partial charge on any atom is -0.476 e. The summed E-state index contributed by atoms with van der Waals surface area (Å²) in [5, 5.41) is 9.01. The maximum absolute atomic E-state index is 11.0. The molecule has 0 radical (unpaired) electrons. The van der Waals surface area contributed by atoms with Gasteiger partial charge in [-0.15, -0.1) is 0 Å². The zero-order chi connectivity index (χ0) is 13.2. The molecular formula is C13H9NO5. The normalized spacial score (nSPS) is 12.2. The highest BCUT2D eigenvalue weighted by Crippen LogP contribution is 2.36. The lowest BCUT2D eigenvalue weighted by atomic mass is 10.3. The van der Waals surface area contributed by atoms with Crippen LogP contribution in [0.2, 0.25) is 0 Å². The highest BCUT2D eigenvalue weighted by Gasteiger charge is 2.16. The van der Waals surface area contributed by atoms with Crippen molar-refractivity contribution < 1.29 is 24.1 Å². The molecule has 0 saturated carbocycles. The number of hydrogen-bond acceptors (Lipinski definition) is 5. The molecule has 2 heterocycles. The maximum atomic E-state index is 11.0. The number of aromatic nitrogens is 1. The van der Waals surface area contributed by atoms with E-state index in [1.54, 1.807) is 30.3 Å². The largest absolute Gasteiger partial charge is 0.476 e. The Balaban J connectivity index is 1.91. The van der Waals surface area contributed by atoms with Crippen molar-refractivity contribution in [3.05, 3.63) is 42.2 Å².